The summed E-state index contributed by atoms with van der Waals surface area (Å²) in [7, 11) is 0. The van der Waals surface area contributed by atoms with Crippen LogP contribution in [0.3, 0.4) is 0 Å². The molecule has 1 atom stereocenters. The monoisotopic (exact) mass is 325 g/mol. The molecular weight excluding hydrogens is 314 g/mol. The molecule has 0 saturated heterocycles. The molecule has 1 heterocycles. The lowest BCUT2D eigenvalue weighted by Crippen LogP contribution is -2.22. The van der Waals surface area contributed by atoms with E-state index >= 15 is 0 Å². The topological polar surface area (TPSA) is 37.8 Å². The first kappa shape index (κ1) is 13.5. The van der Waals surface area contributed by atoms with Gasteiger partial charge in [-0.1, -0.05) is 24.6 Å². The van der Waals surface area contributed by atoms with Gasteiger partial charge in [0.1, 0.15) is 6.33 Å². The van der Waals surface area contributed by atoms with E-state index < -0.39 is 0 Å². The number of halogens is 2. The van der Waals surface area contributed by atoms with Gasteiger partial charge in [-0.05, 0) is 40.2 Å². The number of benzene rings is 1. The molecule has 1 aromatic heterocycles. The lowest BCUT2D eigenvalue weighted by Gasteiger charge is -2.18. The number of hydrogen-bond acceptors (Lipinski definition) is 3. The highest BCUT2D eigenvalue weighted by Gasteiger charge is 2.14. The van der Waals surface area contributed by atoms with E-state index in [1.165, 1.54) is 6.33 Å². The third-order valence-electron chi connectivity index (χ3n) is 2.60. The molecule has 0 aliphatic rings. The zero-order chi connectivity index (χ0) is 13.0. The van der Waals surface area contributed by atoms with Crippen molar-refractivity contribution < 1.29 is 0 Å². The predicted octanol–water partition coefficient (Wildman–Crippen LogP) is 3.59. The van der Waals surface area contributed by atoms with E-state index in [2.05, 4.69) is 38.1 Å². The Balaban J connectivity index is 2.38. The highest BCUT2D eigenvalue weighted by Crippen LogP contribution is 2.28. The summed E-state index contributed by atoms with van der Waals surface area (Å²) in [6.07, 6.45) is 5.18. The zero-order valence-corrected chi connectivity index (χ0v) is 12.2. The Morgan fingerprint density at radius 3 is 2.61 bits per heavy atom. The minimum Gasteiger partial charge on any atom is -0.306 e. The van der Waals surface area contributed by atoms with Crippen molar-refractivity contribution in [3.8, 4) is 0 Å². The molecule has 1 N–H and O–H groups in total. The van der Waals surface area contributed by atoms with Crippen LogP contribution in [0.15, 0.2) is 41.4 Å². The molecular formula is C13H13BrClN3. The highest BCUT2D eigenvalue weighted by atomic mass is 79.9. The van der Waals surface area contributed by atoms with Gasteiger partial charge >= 0.3 is 0 Å². The fraction of sp³-hybridized carbons (Fsp3) is 0.231. The molecule has 0 radical (unpaired) electrons. The molecule has 1 unspecified atom stereocenters. The maximum atomic E-state index is 6.02. The first-order valence-corrected chi connectivity index (χ1v) is 6.82. The third kappa shape index (κ3) is 3.07. The summed E-state index contributed by atoms with van der Waals surface area (Å²) in [6.45, 7) is 2.93. The normalized spacial score (nSPS) is 12.4. The Kier molecular flexibility index (Phi) is 4.69. The van der Waals surface area contributed by atoms with Crippen LogP contribution in [0.5, 0.6) is 0 Å². The number of aromatic nitrogens is 2. The summed E-state index contributed by atoms with van der Waals surface area (Å²) in [5.41, 5.74) is 2.16. The van der Waals surface area contributed by atoms with E-state index in [1.54, 1.807) is 0 Å². The highest BCUT2D eigenvalue weighted by molar-refractivity contribution is 9.10. The quantitative estimate of drug-likeness (QED) is 0.933. The largest absolute Gasteiger partial charge is 0.306 e. The van der Waals surface area contributed by atoms with Crippen LogP contribution in [0.1, 0.15) is 24.1 Å². The number of nitrogens with one attached hydrogen (secondary N) is 1. The molecule has 0 fully saturated rings. The maximum Gasteiger partial charge on any atom is 0.115 e. The van der Waals surface area contributed by atoms with E-state index in [9.17, 15) is 0 Å². The molecule has 2 rings (SSSR count). The van der Waals surface area contributed by atoms with Crippen molar-refractivity contribution in [2.45, 2.75) is 13.0 Å². The van der Waals surface area contributed by atoms with Crippen LogP contribution < -0.4 is 5.32 Å². The number of nitrogens with zero attached hydrogens (tertiary/aromatic N) is 2. The van der Waals surface area contributed by atoms with Gasteiger partial charge in [0.2, 0.25) is 0 Å². The summed E-state index contributed by atoms with van der Waals surface area (Å²) >= 11 is 9.46. The Hall–Kier alpha value is -0.970. The van der Waals surface area contributed by atoms with Crippen molar-refractivity contribution >= 4 is 27.5 Å². The average molecular weight is 327 g/mol. The molecule has 94 valence electrons. The second kappa shape index (κ2) is 6.27. The lowest BCUT2D eigenvalue weighted by molar-refractivity contribution is 0.626. The second-order valence-corrected chi connectivity index (χ2v) is 5.10. The Bertz CT molecular complexity index is 519. The van der Waals surface area contributed by atoms with Gasteiger partial charge in [-0.15, -0.1) is 0 Å². The molecule has 0 aliphatic heterocycles. The first-order chi connectivity index (χ1) is 8.72. The van der Waals surface area contributed by atoms with Crippen LogP contribution >= 0.6 is 27.5 Å². The van der Waals surface area contributed by atoms with Gasteiger partial charge in [-0.3, -0.25) is 0 Å². The predicted molar refractivity (Wildman–Crippen MR) is 76.7 cm³/mol. The van der Waals surface area contributed by atoms with Crippen molar-refractivity contribution in [3.05, 3.63) is 57.5 Å². The summed E-state index contributed by atoms with van der Waals surface area (Å²) < 4.78 is 0.890. The van der Waals surface area contributed by atoms with Crippen molar-refractivity contribution in [2.24, 2.45) is 0 Å². The summed E-state index contributed by atoms with van der Waals surface area (Å²) in [4.78, 5) is 8.13. The molecule has 0 spiro atoms. The van der Waals surface area contributed by atoms with Gasteiger partial charge in [0.15, 0.2) is 0 Å². The van der Waals surface area contributed by atoms with Crippen molar-refractivity contribution in [1.82, 2.24) is 15.3 Å². The van der Waals surface area contributed by atoms with Gasteiger partial charge < -0.3 is 5.32 Å². The Morgan fingerprint density at radius 2 is 2.00 bits per heavy atom. The van der Waals surface area contributed by atoms with Gasteiger partial charge in [0.25, 0.3) is 0 Å². The van der Waals surface area contributed by atoms with Crippen LogP contribution in [0.2, 0.25) is 5.02 Å². The molecule has 3 nitrogen and oxygen atoms in total. The third-order valence-corrected chi connectivity index (χ3v) is 3.81. The minimum atomic E-state index is 0.0739. The fourth-order valence-electron chi connectivity index (χ4n) is 1.78. The molecule has 1 aromatic carbocycles. The van der Waals surface area contributed by atoms with Crippen LogP contribution in [-0.4, -0.2) is 16.5 Å². The number of hydrogen-bond donors (Lipinski definition) is 1. The van der Waals surface area contributed by atoms with Crippen molar-refractivity contribution in [2.75, 3.05) is 6.54 Å². The van der Waals surface area contributed by atoms with E-state index in [4.69, 9.17) is 11.6 Å². The van der Waals surface area contributed by atoms with Gasteiger partial charge in [-0.2, -0.15) is 0 Å². The molecule has 0 amide bonds. The average Bonchev–Trinajstić information content (AvgIpc) is 2.40. The molecule has 0 bridgehead atoms. The van der Waals surface area contributed by atoms with Crippen molar-refractivity contribution in [3.63, 3.8) is 0 Å². The van der Waals surface area contributed by atoms with E-state index in [-0.39, 0.29) is 6.04 Å². The standard InChI is InChI=1S/C13H13BrClN3/c1-2-18-13(10-6-16-8-17-7-10)9-3-4-12(15)11(14)5-9/h3-8,13,18H,2H2,1H3. The second-order valence-electron chi connectivity index (χ2n) is 3.84. The van der Waals surface area contributed by atoms with E-state index in [0.29, 0.717) is 5.02 Å². The van der Waals surface area contributed by atoms with Crippen LogP contribution in [-0.2, 0) is 0 Å². The van der Waals surface area contributed by atoms with Gasteiger partial charge in [0, 0.05) is 22.4 Å². The number of rotatable bonds is 4. The smallest absolute Gasteiger partial charge is 0.115 e. The van der Waals surface area contributed by atoms with Crippen molar-refractivity contribution in [1.29, 1.82) is 0 Å². The molecule has 5 heteroatoms. The van der Waals surface area contributed by atoms with Gasteiger partial charge in [-0.25, -0.2) is 9.97 Å². The summed E-state index contributed by atoms with van der Waals surface area (Å²) in [5.74, 6) is 0. The Morgan fingerprint density at radius 1 is 1.28 bits per heavy atom. The fourth-order valence-corrected chi connectivity index (χ4v) is 2.30. The summed E-state index contributed by atoms with van der Waals surface area (Å²) in [5, 5.41) is 4.12. The summed E-state index contributed by atoms with van der Waals surface area (Å²) in [6, 6.07) is 5.98. The molecule has 2 aromatic rings. The SMILES string of the molecule is CCNC(c1cncnc1)c1ccc(Cl)c(Br)c1. The van der Waals surface area contributed by atoms with Crippen LogP contribution in [0.4, 0.5) is 0 Å². The van der Waals surface area contributed by atoms with E-state index in [0.717, 1.165) is 22.1 Å². The zero-order valence-electron chi connectivity index (χ0n) is 9.90. The van der Waals surface area contributed by atoms with Crippen LogP contribution in [0, 0.1) is 0 Å². The Labute approximate surface area is 120 Å². The first-order valence-electron chi connectivity index (χ1n) is 5.65. The minimum absolute atomic E-state index is 0.0739. The maximum absolute atomic E-state index is 6.02. The molecule has 0 saturated carbocycles. The van der Waals surface area contributed by atoms with Gasteiger partial charge in [0.05, 0.1) is 11.1 Å². The van der Waals surface area contributed by atoms with E-state index in [1.807, 2.05) is 30.6 Å². The van der Waals surface area contributed by atoms with Crippen LogP contribution in [0.25, 0.3) is 0 Å². The molecule has 0 aliphatic carbocycles. The molecule has 18 heavy (non-hydrogen) atoms. The lowest BCUT2D eigenvalue weighted by atomic mass is 10.0.